The van der Waals surface area contributed by atoms with E-state index in [0.717, 1.165) is 0 Å². The fourth-order valence-corrected chi connectivity index (χ4v) is 2.18. The SMILES string of the molecule is NNc1nn(-c2ccc(Cl)cc2)c(=O)c2ccccc12. The summed E-state index contributed by atoms with van der Waals surface area (Å²) in [6.07, 6.45) is 0. The second kappa shape index (κ2) is 4.96. The molecule has 0 unspecified atom stereocenters. The Morgan fingerprint density at radius 1 is 1.05 bits per heavy atom. The maximum absolute atomic E-state index is 12.5. The highest BCUT2D eigenvalue weighted by Gasteiger charge is 2.10. The van der Waals surface area contributed by atoms with Gasteiger partial charge in [-0.1, -0.05) is 29.8 Å². The van der Waals surface area contributed by atoms with Crippen molar-refractivity contribution >= 4 is 28.2 Å². The van der Waals surface area contributed by atoms with Crippen molar-refractivity contribution < 1.29 is 0 Å². The zero-order chi connectivity index (χ0) is 14.1. The van der Waals surface area contributed by atoms with Gasteiger partial charge in [-0.15, -0.1) is 5.10 Å². The molecule has 0 bridgehead atoms. The lowest BCUT2D eigenvalue weighted by molar-refractivity contribution is 0.823. The van der Waals surface area contributed by atoms with Crippen molar-refractivity contribution in [3.63, 3.8) is 0 Å². The number of halogens is 1. The van der Waals surface area contributed by atoms with Gasteiger partial charge in [0.25, 0.3) is 5.56 Å². The number of nitrogen functional groups attached to an aromatic ring is 1. The number of nitrogens with one attached hydrogen (secondary N) is 1. The fourth-order valence-electron chi connectivity index (χ4n) is 2.05. The molecule has 100 valence electrons. The summed E-state index contributed by atoms with van der Waals surface area (Å²) in [5, 5.41) is 6.07. The summed E-state index contributed by atoms with van der Waals surface area (Å²) >= 11 is 5.85. The molecule has 0 fully saturated rings. The molecule has 5 nitrogen and oxygen atoms in total. The van der Waals surface area contributed by atoms with Gasteiger partial charge < -0.3 is 5.43 Å². The van der Waals surface area contributed by atoms with Crippen LogP contribution in [0.4, 0.5) is 5.82 Å². The first kappa shape index (κ1) is 12.7. The number of nitrogens with zero attached hydrogens (tertiary/aromatic N) is 2. The molecule has 3 aromatic rings. The summed E-state index contributed by atoms with van der Waals surface area (Å²) in [4.78, 5) is 12.5. The second-order valence-electron chi connectivity index (χ2n) is 4.23. The van der Waals surface area contributed by atoms with Crippen LogP contribution in [0.5, 0.6) is 0 Å². The van der Waals surface area contributed by atoms with Crippen molar-refractivity contribution in [2.24, 2.45) is 5.84 Å². The van der Waals surface area contributed by atoms with E-state index < -0.39 is 0 Å². The van der Waals surface area contributed by atoms with Crippen molar-refractivity contribution in [1.29, 1.82) is 0 Å². The molecule has 1 heterocycles. The Bertz CT molecular complexity index is 827. The van der Waals surface area contributed by atoms with E-state index in [2.05, 4.69) is 10.5 Å². The molecule has 3 N–H and O–H groups in total. The molecule has 6 heteroatoms. The lowest BCUT2D eigenvalue weighted by atomic mass is 10.2. The number of rotatable bonds is 2. The highest BCUT2D eigenvalue weighted by molar-refractivity contribution is 6.30. The van der Waals surface area contributed by atoms with Crippen LogP contribution in [0.3, 0.4) is 0 Å². The van der Waals surface area contributed by atoms with E-state index in [-0.39, 0.29) is 5.56 Å². The van der Waals surface area contributed by atoms with Crippen LogP contribution < -0.4 is 16.8 Å². The van der Waals surface area contributed by atoms with Gasteiger partial charge in [0.05, 0.1) is 11.1 Å². The smallest absolute Gasteiger partial charge is 0.279 e. The minimum Gasteiger partial charge on any atom is -0.307 e. The summed E-state index contributed by atoms with van der Waals surface area (Å²) in [6.45, 7) is 0. The molecule has 0 aliphatic carbocycles. The molecule has 0 aliphatic heterocycles. The third-order valence-electron chi connectivity index (χ3n) is 3.01. The molecule has 0 radical (unpaired) electrons. The van der Waals surface area contributed by atoms with Gasteiger partial charge >= 0.3 is 0 Å². The molecular formula is C14H11ClN4O. The average molecular weight is 287 g/mol. The molecule has 0 atom stereocenters. The van der Waals surface area contributed by atoms with Gasteiger partial charge in [0.2, 0.25) is 0 Å². The zero-order valence-electron chi connectivity index (χ0n) is 10.4. The van der Waals surface area contributed by atoms with Gasteiger partial charge in [-0.25, -0.2) is 5.84 Å². The second-order valence-corrected chi connectivity index (χ2v) is 4.67. The van der Waals surface area contributed by atoms with Crippen LogP contribution in [0.25, 0.3) is 16.5 Å². The van der Waals surface area contributed by atoms with Crippen molar-refractivity contribution in [2.75, 3.05) is 5.43 Å². The molecule has 0 amide bonds. The predicted molar refractivity (Wildman–Crippen MR) is 80.2 cm³/mol. The number of anilines is 1. The van der Waals surface area contributed by atoms with E-state index in [1.165, 1.54) is 4.68 Å². The molecule has 0 spiro atoms. The summed E-state index contributed by atoms with van der Waals surface area (Å²) < 4.78 is 1.30. The number of hydrogen-bond acceptors (Lipinski definition) is 4. The van der Waals surface area contributed by atoms with Crippen LogP contribution >= 0.6 is 11.6 Å². The van der Waals surface area contributed by atoms with E-state index in [1.807, 2.05) is 6.07 Å². The minimum atomic E-state index is -0.207. The van der Waals surface area contributed by atoms with Crippen molar-refractivity contribution in [3.8, 4) is 5.69 Å². The number of aromatic nitrogens is 2. The number of fused-ring (bicyclic) bond motifs is 1. The van der Waals surface area contributed by atoms with Crippen LogP contribution in [0, 0.1) is 0 Å². The lowest BCUT2D eigenvalue weighted by Crippen LogP contribution is -2.24. The normalized spacial score (nSPS) is 10.7. The average Bonchev–Trinajstić information content (AvgIpc) is 2.49. The Morgan fingerprint density at radius 3 is 2.35 bits per heavy atom. The highest BCUT2D eigenvalue weighted by Crippen LogP contribution is 2.18. The molecule has 0 aliphatic rings. The van der Waals surface area contributed by atoms with Crippen molar-refractivity contribution in [1.82, 2.24) is 9.78 Å². The van der Waals surface area contributed by atoms with E-state index >= 15 is 0 Å². The fraction of sp³-hybridized carbons (Fsp3) is 0. The Kier molecular flexibility index (Phi) is 3.14. The first-order valence-corrected chi connectivity index (χ1v) is 6.33. The van der Waals surface area contributed by atoms with Crippen LogP contribution in [0.15, 0.2) is 53.3 Å². The van der Waals surface area contributed by atoms with Gasteiger partial charge in [-0.2, -0.15) is 4.68 Å². The largest absolute Gasteiger partial charge is 0.307 e. The van der Waals surface area contributed by atoms with Crippen molar-refractivity contribution in [3.05, 3.63) is 63.9 Å². The summed E-state index contributed by atoms with van der Waals surface area (Å²) in [6, 6.07) is 14.0. The standard InChI is InChI=1S/C14H11ClN4O/c15-9-5-7-10(8-6-9)19-14(20)12-4-2-1-3-11(12)13(17-16)18-19/h1-8H,16H2,(H,17,18). The van der Waals surface area contributed by atoms with E-state index in [4.69, 9.17) is 17.4 Å². The lowest BCUT2D eigenvalue weighted by Gasteiger charge is -2.10. The summed E-state index contributed by atoms with van der Waals surface area (Å²) in [7, 11) is 0. The molecule has 0 saturated carbocycles. The van der Waals surface area contributed by atoms with Gasteiger partial charge in [-0.3, -0.25) is 4.79 Å². The zero-order valence-corrected chi connectivity index (χ0v) is 11.1. The third-order valence-corrected chi connectivity index (χ3v) is 3.26. The van der Waals surface area contributed by atoms with Crippen LogP contribution in [-0.2, 0) is 0 Å². The first-order valence-electron chi connectivity index (χ1n) is 5.95. The predicted octanol–water partition coefficient (Wildman–Crippen LogP) is 2.32. The molecule has 3 rings (SSSR count). The van der Waals surface area contributed by atoms with Gasteiger partial charge in [-0.05, 0) is 30.3 Å². The summed E-state index contributed by atoms with van der Waals surface area (Å²) in [5.41, 5.74) is 2.94. The highest BCUT2D eigenvalue weighted by atomic mass is 35.5. The Hall–Kier alpha value is -2.37. The van der Waals surface area contributed by atoms with E-state index in [1.54, 1.807) is 42.5 Å². The Labute approximate surface area is 119 Å². The van der Waals surface area contributed by atoms with Crippen LogP contribution in [0.2, 0.25) is 5.02 Å². The maximum atomic E-state index is 12.5. The van der Waals surface area contributed by atoms with Crippen LogP contribution in [0.1, 0.15) is 0 Å². The number of nitrogens with two attached hydrogens (primary N) is 1. The minimum absolute atomic E-state index is 0.207. The quantitative estimate of drug-likeness (QED) is 0.560. The van der Waals surface area contributed by atoms with Gasteiger partial charge in [0.15, 0.2) is 5.82 Å². The van der Waals surface area contributed by atoms with Gasteiger partial charge in [0.1, 0.15) is 0 Å². The maximum Gasteiger partial charge on any atom is 0.279 e. The first-order chi connectivity index (χ1) is 9.70. The number of hydrazine groups is 1. The monoisotopic (exact) mass is 286 g/mol. The van der Waals surface area contributed by atoms with Gasteiger partial charge in [0, 0.05) is 10.4 Å². The number of benzene rings is 2. The molecule has 2 aromatic carbocycles. The molecule has 1 aromatic heterocycles. The molecule has 0 saturated heterocycles. The van der Waals surface area contributed by atoms with E-state index in [0.29, 0.717) is 27.3 Å². The third kappa shape index (κ3) is 2.03. The Balaban J connectivity index is 2.34. The molecule has 20 heavy (non-hydrogen) atoms. The number of hydrogen-bond donors (Lipinski definition) is 2. The Morgan fingerprint density at radius 2 is 1.70 bits per heavy atom. The molecular weight excluding hydrogens is 276 g/mol. The topological polar surface area (TPSA) is 72.9 Å². The summed E-state index contributed by atoms with van der Waals surface area (Å²) in [5.74, 6) is 5.93. The van der Waals surface area contributed by atoms with E-state index in [9.17, 15) is 4.79 Å². The van der Waals surface area contributed by atoms with Crippen molar-refractivity contribution in [2.45, 2.75) is 0 Å². The van der Waals surface area contributed by atoms with Crippen LogP contribution in [-0.4, -0.2) is 9.78 Å².